The second kappa shape index (κ2) is 5.16. The van der Waals surface area contributed by atoms with Crippen LogP contribution in [0.1, 0.15) is 25.4 Å². The fourth-order valence-corrected chi connectivity index (χ4v) is 2.38. The number of H-pyrrole nitrogens is 1. The molecule has 0 spiro atoms. The minimum Gasteiger partial charge on any atom is -0.497 e. The Labute approximate surface area is 123 Å². The lowest BCUT2D eigenvalue weighted by Crippen LogP contribution is -2.22. The highest BCUT2D eigenvalue weighted by atomic mass is 16.5. The molecule has 21 heavy (non-hydrogen) atoms. The van der Waals surface area contributed by atoms with Crippen molar-refractivity contribution in [3.63, 3.8) is 0 Å². The van der Waals surface area contributed by atoms with E-state index in [1.165, 1.54) is 0 Å². The van der Waals surface area contributed by atoms with Crippen LogP contribution in [-0.2, 0) is 11.8 Å². The zero-order chi connectivity index (χ0) is 14.9. The lowest BCUT2D eigenvalue weighted by Gasteiger charge is -2.21. The molecular formula is C16H18N4O. The fourth-order valence-electron chi connectivity index (χ4n) is 2.38. The Morgan fingerprint density at radius 3 is 2.81 bits per heavy atom. The number of rotatable bonds is 4. The molecule has 0 bridgehead atoms. The average molecular weight is 282 g/mol. The maximum Gasteiger partial charge on any atom is 0.177 e. The largest absolute Gasteiger partial charge is 0.497 e. The first-order valence-electron chi connectivity index (χ1n) is 6.89. The molecule has 0 aromatic carbocycles. The second-order valence-electron chi connectivity index (χ2n) is 5.71. The van der Waals surface area contributed by atoms with E-state index in [1.54, 1.807) is 19.5 Å². The van der Waals surface area contributed by atoms with Gasteiger partial charge in [0.2, 0.25) is 0 Å². The van der Waals surface area contributed by atoms with Crippen molar-refractivity contribution in [3.05, 3.63) is 48.2 Å². The van der Waals surface area contributed by atoms with Crippen molar-refractivity contribution in [1.29, 1.82) is 0 Å². The van der Waals surface area contributed by atoms with Crippen LogP contribution < -0.4 is 4.74 Å². The van der Waals surface area contributed by atoms with E-state index in [0.717, 1.165) is 34.9 Å². The predicted octanol–water partition coefficient (Wildman–Crippen LogP) is 2.88. The third-order valence-electron chi connectivity index (χ3n) is 3.55. The van der Waals surface area contributed by atoms with Crippen LogP contribution in [-0.4, -0.2) is 27.0 Å². The minimum atomic E-state index is -0.167. The van der Waals surface area contributed by atoms with Crippen LogP contribution in [0.3, 0.4) is 0 Å². The molecular weight excluding hydrogens is 264 g/mol. The Morgan fingerprint density at radius 2 is 2.05 bits per heavy atom. The predicted molar refractivity (Wildman–Crippen MR) is 81.4 cm³/mol. The zero-order valence-corrected chi connectivity index (χ0v) is 12.4. The molecule has 5 heteroatoms. The average Bonchev–Trinajstić information content (AvgIpc) is 2.92. The fraction of sp³-hybridized carbons (Fsp3) is 0.312. The number of hydrogen-bond donors (Lipinski definition) is 1. The number of methoxy groups -OCH3 is 1. The monoisotopic (exact) mass is 282 g/mol. The van der Waals surface area contributed by atoms with Crippen LogP contribution in [0, 0.1) is 0 Å². The number of hydrogen-bond acceptors (Lipinski definition) is 4. The number of fused-ring (bicyclic) bond motifs is 1. The summed E-state index contributed by atoms with van der Waals surface area (Å²) in [5.41, 5.74) is 2.52. The van der Waals surface area contributed by atoms with Crippen molar-refractivity contribution >= 4 is 11.2 Å². The van der Waals surface area contributed by atoms with Gasteiger partial charge in [0, 0.05) is 36.0 Å². The molecule has 0 unspecified atom stereocenters. The van der Waals surface area contributed by atoms with Crippen molar-refractivity contribution in [1.82, 2.24) is 19.9 Å². The van der Waals surface area contributed by atoms with Gasteiger partial charge in [0.25, 0.3) is 0 Å². The van der Waals surface area contributed by atoms with Crippen LogP contribution >= 0.6 is 0 Å². The number of pyridine rings is 2. The summed E-state index contributed by atoms with van der Waals surface area (Å²) >= 11 is 0. The lowest BCUT2D eigenvalue weighted by molar-refractivity contribution is 0.411. The summed E-state index contributed by atoms with van der Waals surface area (Å²) in [6.07, 6.45) is 4.29. The van der Waals surface area contributed by atoms with E-state index in [9.17, 15) is 0 Å². The molecule has 3 aromatic heterocycles. The first-order valence-corrected chi connectivity index (χ1v) is 6.89. The molecule has 3 heterocycles. The normalized spacial score (nSPS) is 11.8. The Bertz CT molecular complexity index is 731. The summed E-state index contributed by atoms with van der Waals surface area (Å²) in [4.78, 5) is 16.6. The third-order valence-corrected chi connectivity index (χ3v) is 3.55. The Morgan fingerprint density at radius 1 is 1.19 bits per heavy atom. The van der Waals surface area contributed by atoms with E-state index < -0.39 is 0 Å². The Kier molecular flexibility index (Phi) is 3.33. The highest BCUT2D eigenvalue weighted by molar-refractivity contribution is 5.70. The van der Waals surface area contributed by atoms with Gasteiger partial charge >= 0.3 is 0 Å². The second-order valence-corrected chi connectivity index (χ2v) is 5.71. The van der Waals surface area contributed by atoms with Crippen LogP contribution in [0.15, 0.2) is 36.7 Å². The van der Waals surface area contributed by atoms with Gasteiger partial charge in [0.15, 0.2) is 5.65 Å². The van der Waals surface area contributed by atoms with Gasteiger partial charge in [-0.1, -0.05) is 13.8 Å². The summed E-state index contributed by atoms with van der Waals surface area (Å²) in [7, 11) is 1.66. The van der Waals surface area contributed by atoms with Crippen LogP contribution in [0.2, 0.25) is 0 Å². The topological polar surface area (TPSA) is 63.7 Å². The first kappa shape index (κ1) is 13.5. The molecule has 3 rings (SSSR count). The summed E-state index contributed by atoms with van der Waals surface area (Å²) in [6.45, 7) is 4.29. The van der Waals surface area contributed by atoms with Crippen molar-refractivity contribution in [2.45, 2.75) is 25.7 Å². The molecule has 0 saturated heterocycles. The third kappa shape index (κ3) is 2.72. The van der Waals surface area contributed by atoms with E-state index in [1.807, 2.05) is 24.3 Å². The van der Waals surface area contributed by atoms with Gasteiger partial charge < -0.3 is 9.72 Å². The summed E-state index contributed by atoms with van der Waals surface area (Å²) in [5, 5.41) is 0. The minimum absolute atomic E-state index is 0.167. The van der Waals surface area contributed by atoms with Gasteiger partial charge in [-0.05, 0) is 18.2 Å². The Balaban J connectivity index is 1.91. The first-order chi connectivity index (χ1) is 10.1. The number of aromatic nitrogens is 4. The molecule has 0 aliphatic carbocycles. The van der Waals surface area contributed by atoms with Gasteiger partial charge in [-0.15, -0.1) is 0 Å². The van der Waals surface area contributed by atoms with Crippen molar-refractivity contribution in [3.8, 4) is 5.75 Å². The highest BCUT2D eigenvalue weighted by Gasteiger charge is 2.26. The van der Waals surface area contributed by atoms with Crippen LogP contribution in [0.25, 0.3) is 11.2 Å². The van der Waals surface area contributed by atoms with E-state index in [-0.39, 0.29) is 5.41 Å². The molecule has 0 saturated carbocycles. The SMILES string of the molecule is COc1ccnc(CC(C)(C)c2nc3ncccc3[nH]2)c1. The molecule has 0 aliphatic heterocycles. The van der Waals surface area contributed by atoms with Gasteiger partial charge in [0.1, 0.15) is 11.6 Å². The summed E-state index contributed by atoms with van der Waals surface area (Å²) in [5.74, 6) is 1.74. The molecule has 108 valence electrons. The van der Waals surface area contributed by atoms with Crippen molar-refractivity contribution in [2.24, 2.45) is 0 Å². The van der Waals surface area contributed by atoms with Crippen molar-refractivity contribution < 1.29 is 4.74 Å². The lowest BCUT2D eigenvalue weighted by atomic mass is 9.87. The van der Waals surface area contributed by atoms with E-state index >= 15 is 0 Å². The Hall–Kier alpha value is -2.43. The van der Waals surface area contributed by atoms with Gasteiger partial charge in [0.05, 0.1) is 12.6 Å². The number of nitrogens with one attached hydrogen (secondary N) is 1. The van der Waals surface area contributed by atoms with Gasteiger partial charge in [-0.3, -0.25) is 4.98 Å². The maximum atomic E-state index is 5.25. The molecule has 3 aromatic rings. The van der Waals surface area contributed by atoms with E-state index in [4.69, 9.17) is 4.74 Å². The van der Waals surface area contributed by atoms with Gasteiger partial charge in [-0.25, -0.2) is 9.97 Å². The molecule has 0 atom stereocenters. The number of ether oxygens (including phenoxy) is 1. The standard InChI is InChI=1S/C16H18N4O/c1-16(2,10-11-9-12(21-3)6-8-17-11)15-19-13-5-4-7-18-14(13)20-15/h4-9H,10H2,1-3H3,(H,18,19,20). The molecule has 0 fully saturated rings. The van der Waals surface area contributed by atoms with Crippen molar-refractivity contribution in [2.75, 3.05) is 7.11 Å². The summed E-state index contributed by atoms with van der Waals surface area (Å²) in [6, 6.07) is 7.70. The maximum absolute atomic E-state index is 5.25. The van der Waals surface area contributed by atoms with Crippen LogP contribution in [0.5, 0.6) is 5.75 Å². The van der Waals surface area contributed by atoms with E-state index in [2.05, 4.69) is 33.8 Å². The number of imidazole rings is 1. The molecule has 0 amide bonds. The van der Waals surface area contributed by atoms with E-state index in [0.29, 0.717) is 0 Å². The highest BCUT2D eigenvalue weighted by Crippen LogP contribution is 2.27. The smallest absolute Gasteiger partial charge is 0.177 e. The molecule has 0 radical (unpaired) electrons. The van der Waals surface area contributed by atoms with Crippen LogP contribution in [0.4, 0.5) is 0 Å². The van der Waals surface area contributed by atoms with Gasteiger partial charge in [-0.2, -0.15) is 0 Å². The molecule has 0 aliphatic rings. The quantitative estimate of drug-likeness (QED) is 0.799. The molecule has 1 N–H and O–H groups in total. The zero-order valence-electron chi connectivity index (χ0n) is 12.4. The number of nitrogens with zero attached hydrogens (tertiary/aromatic N) is 3. The summed E-state index contributed by atoms with van der Waals surface area (Å²) < 4.78 is 5.25. The number of aromatic amines is 1. The molecule has 5 nitrogen and oxygen atoms in total.